The fourth-order valence-corrected chi connectivity index (χ4v) is 2.64. The van der Waals surface area contributed by atoms with Crippen molar-refractivity contribution in [3.05, 3.63) is 59.2 Å². The van der Waals surface area contributed by atoms with Crippen molar-refractivity contribution in [1.82, 2.24) is 0 Å². The molecule has 0 atom stereocenters. The van der Waals surface area contributed by atoms with Gasteiger partial charge in [-0.15, -0.1) is 0 Å². The molecule has 0 bridgehead atoms. The third kappa shape index (κ3) is 2.24. The van der Waals surface area contributed by atoms with Gasteiger partial charge in [-0.05, 0) is 36.6 Å². The monoisotopic (exact) mass is 288 g/mol. The predicted octanol–water partition coefficient (Wildman–Crippen LogP) is 3.14. The van der Waals surface area contributed by atoms with Crippen LogP contribution in [-0.2, 0) is 6.42 Å². The molecule has 3 nitrogen and oxygen atoms in total. The van der Waals surface area contributed by atoms with Crippen LogP contribution in [-0.4, -0.2) is 12.5 Å². The number of nitrogen functional groups attached to an aromatic ring is 1. The van der Waals surface area contributed by atoms with Crippen LogP contribution in [0.15, 0.2) is 36.4 Å². The summed E-state index contributed by atoms with van der Waals surface area (Å²) >= 11 is 0. The normalized spacial score (nSPS) is 13.9. The molecule has 0 saturated heterocycles. The molecule has 0 radical (unpaired) electrons. The van der Waals surface area contributed by atoms with Gasteiger partial charge in [0, 0.05) is 12.2 Å². The Balaban J connectivity index is 2.07. The fourth-order valence-electron chi connectivity index (χ4n) is 2.64. The van der Waals surface area contributed by atoms with Crippen LogP contribution < -0.4 is 10.6 Å². The Kier molecular flexibility index (Phi) is 3.33. The number of para-hydroxylation sites is 1. The fraction of sp³-hybridized carbons (Fsp3) is 0.188. The highest BCUT2D eigenvalue weighted by molar-refractivity contribution is 6.07. The number of hydrogen-bond donors (Lipinski definition) is 1. The number of nitrogens with two attached hydrogens (primary N) is 1. The number of nitrogens with zero attached hydrogens (tertiary/aromatic N) is 1. The number of fused-ring (bicyclic) bond motifs is 1. The van der Waals surface area contributed by atoms with Crippen molar-refractivity contribution < 1.29 is 13.6 Å². The Labute approximate surface area is 121 Å². The third-order valence-electron chi connectivity index (χ3n) is 3.69. The van der Waals surface area contributed by atoms with E-state index in [9.17, 15) is 13.6 Å². The molecular weight excluding hydrogens is 274 g/mol. The summed E-state index contributed by atoms with van der Waals surface area (Å²) < 4.78 is 27.9. The van der Waals surface area contributed by atoms with E-state index in [0.29, 0.717) is 12.2 Å². The number of amides is 1. The molecule has 0 saturated carbocycles. The van der Waals surface area contributed by atoms with Crippen molar-refractivity contribution in [2.75, 3.05) is 17.2 Å². The predicted molar refractivity (Wildman–Crippen MR) is 77.2 cm³/mol. The summed E-state index contributed by atoms with van der Waals surface area (Å²) in [5.41, 5.74) is 6.32. The Morgan fingerprint density at radius 2 is 1.90 bits per heavy atom. The highest BCUT2D eigenvalue weighted by atomic mass is 19.1. The molecule has 1 aliphatic rings. The van der Waals surface area contributed by atoms with E-state index in [2.05, 4.69) is 0 Å². The molecule has 0 aliphatic carbocycles. The van der Waals surface area contributed by atoms with E-state index in [4.69, 9.17) is 5.73 Å². The summed E-state index contributed by atoms with van der Waals surface area (Å²) in [6.07, 6.45) is 1.61. The van der Waals surface area contributed by atoms with Crippen LogP contribution in [0.4, 0.5) is 20.2 Å². The van der Waals surface area contributed by atoms with Gasteiger partial charge in [0.1, 0.15) is 11.4 Å². The summed E-state index contributed by atoms with van der Waals surface area (Å²) in [4.78, 5) is 14.0. The van der Waals surface area contributed by atoms with Gasteiger partial charge in [-0.2, -0.15) is 0 Å². The molecule has 1 amide bonds. The minimum Gasteiger partial charge on any atom is -0.396 e. The average molecular weight is 288 g/mol. The van der Waals surface area contributed by atoms with E-state index in [1.807, 2.05) is 12.1 Å². The smallest absolute Gasteiger partial charge is 0.264 e. The van der Waals surface area contributed by atoms with Crippen LogP contribution in [0.2, 0.25) is 0 Å². The lowest BCUT2D eigenvalue weighted by Gasteiger charge is -2.29. The number of carbonyl (C=O) groups is 1. The van der Waals surface area contributed by atoms with E-state index in [0.717, 1.165) is 30.5 Å². The zero-order valence-electron chi connectivity index (χ0n) is 11.3. The van der Waals surface area contributed by atoms with Crippen molar-refractivity contribution in [1.29, 1.82) is 0 Å². The summed E-state index contributed by atoms with van der Waals surface area (Å²) in [5, 5.41) is 0. The molecule has 0 fully saturated rings. The molecule has 3 rings (SSSR count). The summed E-state index contributed by atoms with van der Waals surface area (Å²) in [5.74, 6) is -2.58. The molecule has 0 aromatic heterocycles. The maximum Gasteiger partial charge on any atom is 0.264 e. The van der Waals surface area contributed by atoms with Crippen LogP contribution in [0.1, 0.15) is 22.3 Å². The molecule has 2 N–H and O–H groups in total. The number of rotatable bonds is 1. The number of benzene rings is 2. The number of halogens is 2. The molecular formula is C16H14F2N2O. The summed E-state index contributed by atoms with van der Waals surface area (Å²) in [6, 6.07) is 9.52. The van der Waals surface area contributed by atoms with Crippen LogP contribution in [0.25, 0.3) is 0 Å². The van der Waals surface area contributed by atoms with Gasteiger partial charge >= 0.3 is 0 Å². The molecule has 1 aliphatic heterocycles. The number of carbonyl (C=O) groups excluding carboxylic acids is 1. The van der Waals surface area contributed by atoms with Crippen molar-refractivity contribution in [3.8, 4) is 0 Å². The zero-order valence-corrected chi connectivity index (χ0v) is 11.3. The second-order valence-corrected chi connectivity index (χ2v) is 5.01. The number of aryl methyl sites for hydroxylation is 1. The van der Waals surface area contributed by atoms with Gasteiger partial charge in [0.05, 0.1) is 5.69 Å². The van der Waals surface area contributed by atoms with Crippen molar-refractivity contribution in [2.24, 2.45) is 0 Å². The molecule has 0 unspecified atom stereocenters. The minimum atomic E-state index is -0.997. The lowest BCUT2D eigenvalue weighted by atomic mass is 10.0. The third-order valence-corrected chi connectivity index (χ3v) is 3.69. The molecule has 21 heavy (non-hydrogen) atoms. The molecule has 0 spiro atoms. The highest BCUT2D eigenvalue weighted by Gasteiger charge is 2.28. The van der Waals surface area contributed by atoms with Gasteiger partial charge in [0.25, 0.3) is 5.91 Å². The average Bonchev–Trinajstić information content (AvgIpc) is 2.50. The molecule has 1 heterocycles. The topological polar surface area (TPSA) is 46.3 Å². The van der Waals surface area contributed by atoms with Gasteiger partial charge in [0.15, 0.2) is 5.82 Å². The lowest BCUT2D eigenvalue weighted by Crippen LogP contribution is -2.36. The summed E-state index contributed by atoms with van der Waals surface area (Å²) in [6.45, 7) is 0.434. The highest BCUT2D eigenvalue weighted by Crippen LogP contribution is 2.30. The largest absolute Gasteiger partial charge is 0.396 e. The molecule has 5 heteroatoms. The first-order valence-electron chi connectivity index (χ1n) is 6.73. The molecule has 108 valence electrons. The SMILES string of the molecule is Nc1ccc(F)c(C(=O)N2CCCc3ccccc32)c1F. The Bertz CT molecular complexity index is 715. The standard InChI is InChI=1S/C16H14F2N2O/c17-11-7-8-12(19)15(18)14(11)16(21)20-9-3-5-10-4-1-2-6-13(10)20/h1-2,4,6-8H,3,5,9,19H2. The maximum atomic E-state index is 14.0. The van der Waals surface area contributed by atoms with Crippen LogP contribution >= 0.6 is 0 Å². The van der Waals surface area contributed by atoms with Gasteiger partial charge in [-0.1, -0.05) is 18.2 Å². The Morgan fingerprint density at radius 1 is 1.14 bits per heavy atom. The van der Waals surface area contributed by atoms with Gasteiger partial charge < -0.3 is 10.6 Å². The van der Waals surface area contributed by atoms with Crippen molar-refractivity contribution in [3.63, 3.8) is 0 Å². The van der Waals surface area contributed by atoms with Crippen LogP contribution in [0.5, 0.6) is 0 Å². The first-order chi connectivity index (χ1) is 10.1. The second kappa shape index (κ2) is 5.16. The maximum absolute atomic E-state index is 14.0. The molecule has 2 aromatic rings. The van der Waals surface area contributed by atoms with Crippen molar-refractivity contribution >= 4 is 17.3 Å². The number of hydrogen-bond acceptors (Lipinski definition) is 2. The Morgan fingerprint density at radius 3 is 2.71 bits per heavy atom. The van der Waals surface area contributed by atoms with Crippen LogP contribution in [0, 0.1) is 11.6 Å². The first kappa shape index (κ1) is 13.5. The number of anilines is 2. The van der Waals surface area contributed by atoms with Gasteiger partial charge in [-0.3, -0.25) is 4.79 Å². The van der Waals surface area contributed by atoms with E-state index < -0.39 is 23.1 Å². The van der Waals surface area contributed by atoms with Gasteiger partial charge in [0.2, 0.25) is 0 Å². The van der Waals surface area contributed by atoms with E-state index in [-0.39, 0.29) is 5.69 Å². The molecule has 2 aromatic carbocycles. The van der Waals surface area contributed by atoms with E-state index in [1.165, 1.54) is 4.90 Å². The minimum absolute atomic E-state index is 0.231. The zero-order chi connectivity index (χ0) is 15.0. The van der Waals surface area contributed by atoms with Crippen molar-refractivity contribution in [2.45, 2.75) is 12.8 Å². The van der Waals surface area contributed by atoms with E-state index >= 15 is 0 Å². The van der Waals surface area contributed by atoms with Gasteiger partial charge in [-0.25, -0.2) is 8.78 Å². The summed E-state index contributed by atoms with van der Waals surface area (Å²) in [7, 11) is 0. The van der Waals surface area contributed by atoms with Crippen LogP contribution in [0.3, 0.4) is 0 Å². The first-order valence-corrected chi connectivity index (χ1v) is 6.73. The quantitative estimate of drug-likeness (QED) is 0.819. The Hall–Kier alpha value is -2.43. The van der Waals surface area contributed by atoms with E-state index in [1.54, 1.807) is 12.1 Å². The second-order valence-electron chi connectivity index (χ2n) is 5.01. The lowest BCUT2D eigenvalue weighted by molar-refractivity contribution is 0.0977.